The molecule has 0 bridgehead atoms. The van der Waals surface area contributed by atoms with E-state index in [1.54, 1.807) is 48.5 Å². The topological polar surface area (TPSA) is 109 Å². The Morgan fingerprint density at radius 3 is 2.67 bits per heavy atom. The quantitative estimate of drug-likeness (QED) is 0.503. The number of rotatable bonds is 5. The molecule has 1 heterocycles. The van der Waals surface area contributed by atoms with Gasteiger partial charge in [0.15, 0.2) is 5.69 Å². The van der Waals surface area contributed by atoms with E-state index in [0.29, 0.717) is 22.0 Å². The van der Waals surface area contributed by atoms with Gasteiger partial charge in [-0.1, -0.05) is 41.9 Å². The van der Waals surface area contributed by atoms with Crippen molar-refractivity contribution in [3.05, 3.63) is 86.3 Å². The molecule has 1 N–H and O–H groups in total. The SMILES string of the molecule is COc1ccccc1-n1nc(C(=O)N/N=C/c2ccccc2Cl)c(C)c(C#N)c1=O. The van der Waals surface area contributed by atoms with Crippen LogP contribution in [0.3, 0.4) is 0 Å². The molecule has 0 saturated carbocycles. The van der Waals surface area contributed by atoms with Gasteiger partial charge in [-0.25, -0.2) is 5.43 Å². The Balaban J connectivity index is 2.02. The van der Waals surface area contributed by atoms with Gasteiger partial charge in [-0.15, -0.1) is 0 Å². The highest BCUT2D eigenvalue weighted by Gasteiger charge is 2.21. The molecular weight excluding hydrogens is 406 g/mol. The van der Waals surface area contributed by atoms with Crippen LogP contribution in [0.1, 0.15) is 27.2 Å². The van der Waals surface area contributed by atoms with E-state index in [9.17, 15) is 14.9 Å². The molecule has 0 aliphatic heterocycles. The van der Waals surface area contributed by atoms with Gasteiger partial charge in [0.2, 0.25) is 0 Å². The van der Waals surface area contributed by atoms with Gasteiger partial charge < -0.3 is 4.74 Å². The first kappa shape index (κ1) is 20.8. The van der Waals surface area contributed by atoms with Crippen molar-refractivity contribution in [1.82, 2.24) is 15.2 Å². The van der Waals surface area contributed by atoms with Gasteiger partial charge in [-0.2, -0.15) is 20.1 Å². The molecule has 30 heavy (non-hydrogen) atoms. The zero-order valence-corrected chi connectivity index (χ0v) is 16.8. The van der Waals surface area contributed by atoms with Crippen LogP contribution < -0.4 is 15.7 Å². The first-order chi connectivity index (χ1) is 14.5. The van der Waals surface area contributed by atoms with Crippen molar-refractivity contribution in [1.29, 1.82) is 5.26 Å². The number of nitriles is 1. The van der Waals surface area contributed by atoms with Crippen molar-refractivity contribution in [2.45, 2.75) is 6.92 Å². The number of para-hydroxylation sites is 2. The molecule has 0 radical (unpaired) electrons. The zero-order chi connectivity index (χ0) is 21.7. The molecule has 0 fully saturated rings. The van der Waals surface area contributed by atoms with E-state index in [4.69, 9.17) is 16.3 Å². The number of benzene rings is 2. The maximum Gasteiger partial charge on any atom is 0.292 e. The van der Waals surface area contributed by atoms with Crippen molar-refractivity contribution in [3.8, 4) is 17.5 Å². The molecule has 150 valence electrons. The maximum absolute atomic E-state index is 12.7. The molecular formula is C21H16ClN5O3. The summed E-state index contributed by atoms with van der Waals surface area (Å²) < 4.78 is 6.23. The van der Waals surface area contributed by atoms with Crippen molar-refractivity contribution in [2.24, 2.45) is 5.10 Å². The number of hydrazone groups is 1. The number of hydrogen-bond donors (Lipinski definition) is 1. The maximum atomic E-state index is 12.7. The third kappa shape index (κ3) is 4.06. The summed E-state index contributed by atoms with van der Waals surface area (Å²) in [7, 11) is 1.44. The molecule has 9 heteroatoms. The highest BCUT2D eigenvalue weighted by atomic mass is 35.5. The van der Waals surface area contributed by atoms with Crippen molar-refractivity contribution in [2.75, 3.05) is 7.11 Å². The van der Waals surface area contributed by atoms with Crippen LogP contribution in [0.2, 0.25) is 5.02 Å². The minimum Gasteiger partial charge on any atom is -0.494 e. The summed E-state index contributed by atoms with van der Waals surface area (Å²) in [5.74, 6) is -0.320. The zero-order valence-electron chi connectivity index (χ0n) is 16.1. The van der Waals surface area contributed by atoms with Crippen molar-refractivity contribution in [3.63, 3.8) is 0 Å². The van der Waals surface area contributed by atoms with E-state index in [1.165, 1.54) is 20.2 Å². The van der Waals surface area contributed by atoms with Gasteiger partial charge in [0.1, 0.15) is 23.1 Å². The molecule has 0 aliphatic rings. The molecule has 3 rings (SSSR count). The molecule has 0 saturated heterocycles. The molecule has 0 atom stereocenters. The number of halogens is 1. The summed E-state index contributed by atoms with van der Waals surface area (Å²) in [6, 6.07) is 15.5. The number of ether oxygens (including phenoxy) is 1. The molecule has 2 aromatic carbocycles. The second-order valence-corrected chi connectivity index (χ2v) is 6.48. The number of nitrogens with one attached hydrogen (secondary N) is 1. The lowest BCUT2D eigenvalue weighted by Gasteiger charge is -2.13. The average molecular weight is 422 g/mol. The summed E-state index contributed by atoms with van der Waals surface area (Å²) in [5, 5.41) is 18.0. The molecule has 3 aromatic rings. The Morgan fingerprint density at radius 1 is 1.27 bits per heavy atom. The Bertz CT molecular complexity index is 1240. The number of hydrogen-bond acceptors (Lipinski definition) is 6. The largest absolute Gasteiger partial charge is 0.494 e. The standard InChI is InChI=1S/C21H16ClN5O3/c1-13-15(11-23)21(29)27(17-9-5-6-10-18(17)30-2)26-19(13)20(28)25-24-12-14-7-3-4-8-16(14)22/h3-10,12H,1-2H3,(H,25,28)/b24-12+. The fourth-order valence-corrected chi connectivity index (χ4v) is 2.90. The van der Waals surface area contributed by atoms with E-state index >= 15 is 0 Å². The first-order valence-corrected chi connectivity index (χ1v) is 9.11. The molecule has 0 aliphatic carbocycles. The number of carbonyl (C=O) groups is 1. The first-order valence-electron chi connectivity index (χ1n) is 8.73. The second kappa shape index (κ2) is 9.03. The molecule has 0 spiro atoms. The van der Waals surface area contributed by atoms with Crippen molar-refractivity contribution < 1.29 is 9.53 Å². The molecule has 0 unspecified atom stereocenters. The summed E-state index contributed by atoms with van der Waals surface area (Å²) in [4.78, 5) is 25.4. The lowest BCUT2D eigenvalue weighted by Crippen LogP contribution is -2.31. The Hall–Kier alpha value is -3.96. The van der Waals surface area contributed by atoms with E-state index in [2.05, 4.69) is 15.6 Å². The fraction of sp³-hybridized carbons (Fsp3) is 0.0952. The van der Waals surface area contributed by atoms with E-state index in [-0.39, 0.29) is 16.8 Å². The molecule has 1 aromatic heterocycles. The van der Waals surface area contributed by atoms with Gasteiger partial charge >= 0.3 is 0 Å². The highest BCUT2D eigenvalue weighted by Crippen LogP contribution is 2.21. The van der Waals surface area contributed by atoms with Crippen LogP contribution >= 0.6 is 11.6 Å². The van der Waals surface area contributed by atoms with Crippen LogP contribution in [-0.2, 0) is 0 Å². The predicted octanol–water partition coefficient (Wildman–Crippen LogP) is 2.84. The Kier molecular flexibility index (Phi) is 6.25. The van der Waals surface area contributed by atoms with Crippen LogP contribution in [0.15, 0.2) is 58.4 Å². The Labute approximate surface area is 177 Å². The highest BCUT2D eigenvalue weighted by molar-refractivity contribution is 6.33. The molecule has 8 nitrogen and oxygen atoms in total. The number of aromatic nitrogens is 2. The van der Waals surface area contributed by atoms with E-state index < -0.39 is 11.5 Å². The van der Waals surface area contributed by atoms with Crippen LogP contribution in [-0.4, -0.2) is 29.0 Å². The van der Waals surface area contributed by atoms with Crippen molar-refractivity contribution >= 4 is 23.7 Å². The van der Waals surface area contributed by atoms with Gasteiger partial charge in [-0.05, 0) is 25.1 Å². The van der Waals surface area contributed by atoms with E-state index in [0.717, 1.165) is 4.68 Å². The number of nitrogens with zero attached hydrogens (tertiary/aromatic N) is 4. The number of methoxy groups -OCH3 is 1. The number of amides is 1. The van der Waals surface area contributed by atoms with Crippen LogP contribution in [0.5, 0.6) is 5.75 Å². The minimum atomic E-state index is -0.684. The predicted molar refractivity (Wildman–Crippen MR) is 112 cm³/mol. The van der Waals surface area contributed by atoms with E-state index in [1.807, 2.05) is 6.07 Å². The normalized spacial score (nSPS) is 10.6. The van der Waals surface area contributed by atoms with Crippen LogP contribution in [0, 0.1) is 18.3 Å². The lowest BCUT2D eigenvalue weighted by molar-refractivity contribution is 0.0947. The third-order valence-corrected chi connectivity index (χ3v) is 4.60. The summed E-state index contributed by atoms with van der Waals surface area (Å²) in [5.41, 5.74) is 2.44. The minimum absolute atomic E-state index is 0.117. The average Bonchev–Trinajstić information content (AvgIpc) is 2.75. The van der Waals surface area contributed by atoms with Crippen LogP contribution in [0.4, 0.5) is 0 Å². The Morgan fingerprint density at radius 2 is 1.97 bits per heavy atom. The summed E-state index contributed by atoms with van der Waals surface area (Å²) >= 11 is 6.05. The second-order valence-electron chi connectivity index (χ2n) is 6.07. The van der Waals surface area contributed by atoms with Gasteiger partial charge in [0, 0.05) is 16.1 Å². The fourth-order valence-electron chi connectivity index (χ4n) is 2.71. The summed E-state index contributed by atoms with van der Waals surface area (Å²) in [6.45, 7) is 1.48. The smallest absolute Gasteiger partial charge is 0.292 e. The third-order valence-electron chi connectivity index (χ3n) is 4.25. The van der Waals surface area contributed by atoms with Crippen LogP contribution in [0.25, 0.3) is 5.69 Å². The summed E-state index contributed by atoms with van der Waals surface area (Å²) in [6.07, 6.45) is 1.39. The molecule has 1 amide bonds. The van der Waals surface area contributed by atoms with Gasteiger partial charge in [0.05, 0.1) is 13.3 Å². The number of carbonyl (C=O) groups excluding carboxylic acids is 1. The monoisotopic (exact) mass is 421 g/mol. The van der Waals surface area contributed by atoms with Gasteiger partial charge in [-0.3, -0.25) is 9.59 Å². The lowest BCUT2D eigenvalue weighted by atomic mass is 10.1. The van der Waals surface area contributed by atoms with Gasteiger partial charge in [0.25, 0.3) is 11.5 Å².